The first-order valence-corrected chi connectivity index (χ1v) is 24.0. The van der Waals surface area contributed by atoms with Gasteiger partial charge in [-0.3, -0.25) is 9.59 Å². The summed E-state index contributed by atoms with van der Waals surface area (Å²) in [5, 5.41) is 11.7. The number of carboxylic acid groups (broad SMARTS) is 1. The Morgan fingerprint density at radius 2 is 0.873 bits per heavy atom. The van der Waals surface area contributed by atoms with Gasteiger partial charge in [-0.25, -0.2) is 0 Å². The summed E-state index contributed by atoms with van der Waals surface area (Å²) in [6.07, 6.45) is 57.0. The molecule has 0 aliphatic carbocycles. The third-order valence-electron chi connectivity index (χ3n) is 9.52. The van der Waals surface area contributed by atoms with Gasteiger partial charge in [0, 0.05) is 12.8 Å². The van der Waals surface area contributed by atoms with E-state index in [0.29, 0.717) is 30.3 Å². The van der Waals surface area contributed by atoms with Gasteiger partial charge in [-0.15, -0.1) is 0 Å². The van der Waals surface area contributed by atoms with Crippen molar-refractivity contribution in [1.82, 2.24) is 0 Å². The van der Waals surface area contributed by atoms with E-state index in [-0.39, 0.29) is 38.6 Å². The molecule has 0 aliphatic rings. The highest BCUT2D eigenvalue weighted by atomic mass is 16.7. The maximum Gasteiger partial charge on any atom is 0.306 e. The summed E-state index contributed by atoms with van der Waals surface area (Å²) >= 11 is 0. The quantitative estimate of drug-likeness (QED) is 0.0196. The van der Waals surface area contributed by atoms with E-state index in [0.717, 1.165) is 83.5 Å². The molecule has 0 radical (unpaired) electrons. The van der Waals surface area contributed by atoms with Gasteiger partial charge in [-0.1, -0.05) is 162 Å². The number of aliphatic carboxylic acids is 1. The Labute approximate surface area is 384 Å². The van der Waals surface area contributed by atoms with Gasteiger partial charge in [0.2, 0.25) is 0 Å². The Bertz CT molecular complexity index is 1390. The third-order valence-corrected chi connectivity index (χ3v) is 9.52. The van der Waals surface area contributed by atoms with Crippen molar-refractivity contribution >= 4 is 17.9 Å². The molecule has 0 bridgehead atoms. The molecule has 0 fully saturated rings. The topological polar surface area (TPSA) is 111 Å². The predicted octanol–water partition coefficient (Wildman–Crippen LogP) is 11.9. The minimum Gasteiger partial charge on any atom is -0.545 e. The van der Waals surface area contributed by atoms with Gasteiger partial charge in [0.15, 0.2) is 12.4 Å². The Kier molecular flexibility index (Phi) is 41.7. The van der Waals surface area contributed by atoms with Crippen LogP contribution in [0.2, 0.25) is 0 Å². The zero-order valence-electron chi connectivity index (χ0n) is 40.1. The molecule has 0 amide bonds. The molecule has 0 rings (SSSR count). The first-order chi connectivity index (χ1) is 30.6. The minimum atomic E-state index is -1.64. The van der Waals surface area contributed by atoms with Crippen molar-refractivity contribution in [2.75, 3.05) is 47.5 Å². The number of hydrogen-bond donors (Lipinski definition) is 0. The van der Waals surface area contributed by atoms with Crippen LogP contribution in [0.3, 0.4) is 0 Å². The Morgan fingerprint density at radius 3 is 1.32 bits per heavy atom. The summed E-state index contributed by atoms with van der Waals surface area (Å²) in [5.41, 5.74) is 0. The van der Waals surface area contributed by atoms with Crippen LogP contribution >= 0.6 is 0 Å². The summed E-state index contributed by atoms with van der Waals surface area (Å²) in [4.78, 5) is 37.1. The number of ether oxygens (including phenoxy) is 4. The van der Waals surface area contributed by atoms with Crippen molar-refractivity contribution < 1.29 is 42.9 Å². The highest BCUT2D eigenvalue weighted by Crippen LogP contribution is 2.12. The zero-order valence-corrected chi connectivity index (χ0v) is 40.1. The normalized spacial score (nSPS) is 13.9. The maximum absolute atomic E-state index is 12.8. The van der Waals surface area contributed by atoms with E-state index < -0.39 is 24.3 Å². The number of carboxylic acids is 1. The van der Waals surface area contributed by atoms with Crippen molar-refractivity contribution in [2.45, 2.75) is 167 Å². The van der Waals surface area contributed by atoms with E-state index in [2.05, 4.69) is 117 Å². The molecule has 0 aromatic heterocycles. The number of likely N-dealkylation sites (N-methyl/N-ethyl adjacent to an activating group) is 1. The largest absolute Gasteiger partial charge is 0.545 e. The van der Waals surface area contributed by atoms with Gasteiger partial charge in [0.05, 0.1) is 40.3 Å². The van der Waals surface area contributed by atoms with Crippen LogP contribution in [0.15, 0.2) is 109 Å². The fourth-order valence-electron chi connectivity index (χ4n) is 5.85. The molecule has 356 valence electrons. The molecular weight excluding hydrogens is 791 g/mol. The van der Waals surface area contributed by atoms with Crippen molar-refractivity contribution in [3.63, 3.8) is 0 Å². The molecule has 0 heterocycles. The summed E-state index contributed by atoms with van der Waals surface area (Å²) in [6.45, 7) is 4.41. The number of unbranched alkanes of at least 4 members (excludes halogenated alkanes) is 9. The first-order valence-electron chi connectivity index (χ1n) is 24.0. The molecule has 2 atom stereocenters. The number of rotatable bonds is 42. The molecule has 63 heavy (non-hydrogen) atoms. The molecule has 0 N–H and O–H groups in total. The Hall–Kier alpha value is -4.05. The molecule has 9 heteroatoms. The second-order valence-electron chi connectivity index (χ2n) is 16.6. The molecule has 2 unspecified atom stereocenters. The minimum absolute atomic E-state index is 0.129. The lowest BCUT2D eigenvalue weighted by atomic mass is 10.1. The first kappa shape index (κ1) is 58.9. The molecule has 0 aliphatic heterocycles. The number of nitrogens with zero attached hydrogens (tertiary/aromatic N) is 1. The molecule has 0 spiro atoms. The van der Waals surface area contributed by atoms with Crippen LogP contribution in [-0.2, 0) is 33.3 Å². The molecule has 0 saturated carbocycles. The van der Waals surface area contributed by atoms with Gasteiger partial charge < -0.3 is 33.3 Å². The standard InChI is InChI=1S/C54H87NO8/c1-6-8-10-12-14-16-18-20-22-24-25-26-27-29-30-32-34-36-38-40-42-44-51(56)61-48-50(49-62-54(53(58)59)60-47-46-55(3,4)5)63-52(57)45-43-41-39-37-35-33-31-28-23-21-19-17-15-13-11-9-7-2/h8-11,14-17,20-23,25-26,31,33,37,39,50,54H,6-7,12-13,18-19,24,27-30,32,34-36,38,40-49H2,1-5H3/b10-8-,11-9-,16-14-,17-15-,22-20-,23-21-,26-25-,33-31-,39-37-. The number of hydrogen-bond acceptors (Lipinski definition) is 8. The van der Waals surface area contributed by atoms with Gasteiger partial charge in [0.25, 0.3) is 0 Å². The highest BCUT2D eigenvalue weighted by molar-refractivity contribution is 5.70. The summed E-state index contributed by atoms with van der Waals surface area (Å²) in [5.74, 6) is -2.39. The van der Waals surface area contributed by atoms with E-state index in [1.165, 1.54) is 25.7 Å². The third kappa shape index (κ3) is 45.8. The fraction of sp³-hybridized carbons (Fsp3) is 0.611. The molecule has 0 aromatic rings. The average Bonchev–Trinajstić information content (AvgIpc) is 3.24. The monoisotopic (exact) mass is 878 g/mol. The average molecular weight is 878 g/mol. The second kappa shape index (κ2) is 44.6. The van der Waals surface area contributed by atoms with Crippen LogP contribution in [0, 0.1) is 0 Å². The van der Waals surface area contributed by atoms with Crippen molar-refractivity contribution in [3.05, 3.63) is 109 Å². The number of allylic oxidation sites excluding steroid dienone is 18. The molecule has 0 saturated heterocycles. The van der Waals surface area contributed by atoms with Gasteiger partial charge in [0.1, 0.15) is 13.2 Å². The van der Waals surface area contributed by atoms with Crippen LogP contribution in [-0.4, -0.2) is 82.3 Å². The van der Waals surface area contributed by atoms with Crippen LogP contribution < -0.4 is 5.11 Å². The number of esters is 2. The Balaban J connectivity index is 4.49. The smallest absolute Gasteiger partial charge is 0.306 e. The molecular formula is C54H87NO8. The van der Waals surface area contributed by atoms with Gasteiger partial charge in [-0.05, 0) is 89.9 Å². The van der Waals surface area contributed by atoms with Crippen LogP contribution in [0.1, 0.15) is 155 Å². The number of carbonyl (C=O) groups is 3. The summed E-state index contributed by atoms with van der Waals surface area (Å²) in [7, 11) is 5.88. The SMILES string of the molecule is CC/C=C\C/C=C\C/C=C\C/C=C\C/C=C\CCCC(=O)OC(COC(=O)CCCCCCCCCC/C=C\C/C=C\C/C=C\C/C=C\CC)COC(OCC[N+](C)(C)C)C(=O)[O-]. The lowest BCUT2D eigenvalue weighted by Gasteiger charge is -2.26. The van der Waals surface area contributed by atoms with Crippen molar-refractivity contribution in [1.29, 1.82) is 0 Å². The number of carbonyl (C=O) groups excluding carboxylic acids is 3. The van der Waals surface area contributed by atoms with Crippen LogP contribution in [0.25, 0.3) is 0 Å². The maximum atomic E-state index is 12.8. The molecule has 9 nitrogen and oxygen atoms in total. The highest BCUT2D eigenvalue weighted by Gasteiger charge is 2.21. The fourth-order valence-corrected chi connectivity index (χ4v) is 5.85. The van der Waals surface area contributed by atoms with Crippen molar-refractivity contribution in [2.24, 2.45) is 0 Å². The van der Waals surface area contributed by atoms with E-state index in [1.807, 2.05) is 27.2 Å². The van der Waals surface area contributed by atoms with Gasteiger partial charge >= 0.3 is 11.9 Å². The van der Waals surface area contributed by atoms with Crippen LogP contribution in [0.5, 0.6) is 0 Å². The van der Waals surface area contributed by atoms with Gasteiger partial charge in [-0.2, -0.15) is 0 Å². The van der Waals surface area contributed by atoms with E-state index in [9.17, 15) is 19.5 Å². The van der Waals surface area contributed by atoms with Crippen LogP contribution in [0.4, 0.5) is 0 Å². The van der Waals surface area contributed by atoms with E-state index in [4.69, 9.17) is 18.9 Å². The number of quaternary nitrogens is 1. The molecule has 0 aromatic carbocycles. The van der Waals surface area contributed by atoms with E-state index in [1.54, 1.807) is 0 Å². The predicted molar refractivity (Wildman–Crippen MR) is 260 cm³/mol. The summed E-state index contributed by atoms with van der Waals surface area (Å²) < 4.78 is 22.5. The lowest BCUT2D eigenvalue weighted by Crippen LogP contribution is -2.44. The van der Waals surface area contributed by atoms with Crippen molar-refractivity contribution in [3.8, 4) is 0 Å². The second-order valence-corrected chi connectivity index (χ2v) is 16.6. The zero-order chi connectivity index (χ0) is 46.3. The lowest BCUT2D eigenvalue weighted by molar-refractivity contribution is -0.870. The van der Waals surface area contributed by atoms with E-state index >= 15 is 0 Å². The Morgan fingerprint density at radius 1 is 0.476 bits per heavy atom. The summed E-state index contributed by atoms with van der Waals surface area (Å²) in [6, 6.07) is 0.